The lowest BCUT2D eigenvalue weighted by atomic mass is 9.98. The summed E-state index contributed by atoms with van der Waals surface area (Å²) in [5.74, 6) is 0.709. The number of benzene rings is 1. The molecule has 1 heterocycles. The van der Waals surface area contributed by atoms with Crippen LogP contribution >= 0.6 is 12.4 Å². The summed E-state index contributed by atoms with van der Waals surface area (Å²) in [5, 5.41) is 9.61. The molecule has 0 unspecified atom stereocenters. The molecule has 2 rings (SSSR count). The molecule has 4 nitrogen and oxygen atoms in total. The molecule has 0 radical (unpaired) electrons. The van der Waals surface area contributed by atoms with Crippen molar-refractivity contribution in [1.29, 1.82) is 0 Å². The monoisotopic (exact) mass is 283 g/mol. The quantitative estimate of drug-likeness (QED) is 0.796. The smallest absolute Gasteiger partial charge is 0.221 e. The lowest BCUT2D eigenvalue weighted by molar-refractivity contribution is -0.114. The molecule has 19 heavy (non-hydrogen) atoms. The number of anilines is 2. The van der Waals surface area contributed by atoms with E-state index >= 15 is 0 Å². The van der Waals surface area contributed by atoms with Gasteiger partial charge in [0.2, 0.25) is 5.91 Å². The Bertz CT molecular complexity index is 405. The van der Waals surface area contributed by atoms with E-state index in [2.05, 4.69) is 16.0 Å². The number of amides is 1. The van der Waals surface area contributed by atoms with Gasteiger partial charge in [-0.25, -0.2) is 0 Å². The second-order valence-corrected chi connectivity index (χ2v) is 4.84. The molecule has 1 saturated heterocycles. The number of rotatable bonds is 4. The lowest BCUT2D eigenvalue weighted by Gasteiger charge is -2.23. The van der Waals surface area contributed by atoms with Gasteiger partial charge in [-0.05, 0) is 50.0 Å². The Balaban J connectivity index is 0.00000180. The summed E-state index contributed by atoms with van der Waals surface area (Å²) >= 11 is 0. The fraction of sp³-hybridized carbons (Fsp3) is 0.500. The number of carbonyl (C=O) groups excluding carboxylic acids is 1. The first-order chi connectivity index (χ1) is 8.74. The van der Waals surface area contributed by atoms with Gasteiger partial charge in [0.1, 0.15) is 0 Å². The number of halogens is 1. The van der Waals surface area contributed by atoms with Crippen molar-refractivity contribution >= 4 is 29.7 Å². The molecular formula is C14H22ClN3O. The van der Waals surface area contributed by atoms with Gasteiger partial charge >= 0.3 is 0 Å². The van der Waals surface area contributed by atoms with Crippen molar-refractivity contribution in [3.8, 4) is 0 Å². The van der Waals surface area contributed by atoms with Gasteiger partial charge in [0.05, 0.1) is 0 Å². The van der Waals surface area contributed by atoms with E-state index in [-0.39, 0.29) is 18.3 Å². The first-order valence-electron chi connectivity index (χ1n) is 6.56. The highest BCUT2D eigenvalue weighted by molar-refractivity contribution is 5.89. The molecule has 0 atom stereocenters. The highest BCUT2D eigenvalue weighted by Crippen LogP contribution is 2.17. The average molecular weight is 284 g/mol. The van der Waals surface area contributed by atoms with Crippen molar-refractivity contribution in [2.24, 2.45) is 5.92 Å². The molecule has 0 bridgehead atoms. The molecule has 0 spiro atoms. The molecule has 3 N–H and O–H groups in total. The van der Waals surface area contributed by atoms with Gasteiger partial charge in [-0.3, -0.25) is 4.79 Å². The number of hydrogen-bond acceptors (Lipinski definition) is 3. The van der Waals surface area contributed by atoms with Crippen LogP contribution in [0.3, 0.4) is 0 Å². The van der Waals surface area contributed by atoms with Crippen molar-refractivity contribution in [2.45, 2.75) is 19.8 Å². The molecule has 0 saturated carbocycles. The first kappa shape index (κ1) is 15.8. The molecule has 1 aliphatic rings. The minimum absolute atomic E-state index is 0. The molecular weight excluding hydrogens is 262 g/mol. The third kappa shape index (κ3) is 5.49. The first-order valence-corrected chi connectivity index (χ1v) is 6.56. The minimum Gasteiger partial charge on any atom is -0.385 e. The Hall–Kier alpha value is -1.26. The van der Waals surface area contributed by atoms with E-state index in [1.165, 1.54) is 19.8 Å². The molecule has 1 amide bonds. The number of hydrogen-bond donors (Lipinski definition) is 3. The van der Waals surface area contributed by atoms with Crippen molar-refractivity contribution < 1.29 is 4.79 Å². The third-order valence-electron chi connectivity index (χ3n) is 3.24. The van der Waals surface area contributed by atoms with E-state index < -0.39 is 0 Å². The lowest BCUT2D eigenvalue weighted by Crippen LogP contribution is -2.31. The molecule has 0 aliphatic carbocycles. The SMILES string of the molecule is CC(=O)Nc1cccc(NCC2CCNCC2)c1.Cl. The Kier molecular flexibility index (Phi) is 6.67. The fourth-order valence-electron chi connectivity index (χ4n) is 2.26. The predicted octanol–water partition coefficient (Wildman–Crippen LogP) is 2.48. The van der Waals surface area contributed by atoms with Crippen LogP contribution in [-0.4, -0.2) is 25.5 Å². The van der Waals surface area contributed by atoms with Crippen LogP contribution in [0.1, 0.15) is 19.8 Å². The highest BCUT2D eigenvalue weighted by atomic mass is 35.5. The fourth-order valence-corrected chi connectivity index (χ4v) is 2.26. The molecule has 0 aromatic heterocycles. The van der Waals surface area contributed by atoms with Crippen LogP contribution in [0.25, 0.3) is 0 Å². The number of carbonyl (C=O) groups is 1. The largest absolute Gasteiger partial charge is 0.385 e. The zero-order valence-corrected chi connectivity index (χ0v) is 12.1. The van der Waals surface area contributed by atoms with Crippen molar-refractivity contribution in [3.63, 3.8) is 0 Å². The summed E-state index contributed by atoms with van der Waals surface area (Å²) in [6.07, 6.45) is 2.47. The maximum absolute atomic E-state index is 11.0. The van der Waals surface area contributed by atoms with Crippen molar-refractivity contribution in [1.82, 2.24) is 5.32 Å². The Morgan fingerprint density at radius 1 is 1.32 bits per heavy atom. The molecule has 5 heteroatoms. The van der Waals surface area contributed by atoms with E-state index in [0.717, 1.165) is 36.9 Å². The van der Waals surface area contributed by atoms with Crippen LogP contribution < -0.4 is 16.0 Å². The minimum atomic E-state index is -0.0366. The van der Waals surface area contributed by atoms with Crippen LogP contribution in [0.15, 0.2) is 24.3 Å². The van der Waals surface area contributed by atoms with Crippen LogP contribution in [0.2, 0.25) is 0 Å². The second kappa shape index (κ2) is 8.02. The van der Waals surface area contributed by atoms with Crippen LogP contribution in [-0.2, 0) is 4.79 Å². The normalized spacial score (nSPS) is 15.4. The zero-order valence-electron chi connectivity index (χ0n) is 11.2. The van der Waals surface area contributed by atoms with Crippen LogP contribution in [0.4, 0.5) is 11.4 Å². The van der Waals surface area contributed by atoms with Gasteiger partial charge in [-0.1, -0.05) is 6.07 Å². The Labute approximate surface area is 120 Å². The molecule has 1 aromatic carbocycles. The van der Waals surface area contributed by atoms with Gasteiger partial charge in [0.25, 0.3) is 0 Å². The molecule has 1 fully saturated rings. The summed E-state index contributed by atoms with van der Waals surface area (Å²) < 4.78 is 0. The van der Waals surface area contributed by atoms with E-state index in [9.17, 15) is 4.79 Å². The zero-order chi connectivity index (χ0) is 12.8. The Morgan fingerprint density at radius 3 is 2.68 bits per heavy atom. The van der Waals surface area contributed by atoms with Crippen LogP contribution in [0, 0.1) is 5.92 Å². The molecule has 1 aliphatic heterocycles. The topological polar surface area (TPSA) is 53.2 Å². The van der Waals surface area contributed by atoms with E-state index in [4.69, 9.17) is 0 Å². The number of piperidine rings is 1. The summed E-state index contributed by atoms with van der Waals surface area (Å²) in [4.78, 5) is 11.0. The summed E-state index contributed by atoms with van der Waals surface area (Å²) in [6.45, 7) is 4.77. The molecule has 106 valence electrons. The predicted molar refractivity (Wildman–Crippen MR) is 82.1 cm³/mol. The van der Waals surface area contributed by atoms with Crippen molar-refractivity contribution in [3.05, 3.63) is 24.3 Å². The van der Waals surface area contributed by atoms with Gasteiger partial charge < -0.3 is 16.0 Å². The summed E-state index contributed by atoms with van der Waals surface area (Å²) in [5.41, 5.74) is 1.91. The summed E-state index contributed by atoms with van der Waals surface area (Å²) in [6, 6.07) is 7.86. The van der Waals surface area contributed by atoms with E-state index in [1.54, 1.807) is 0 Å². The van der Waals surface area contributed by atoms with Gasteiger partial charge in [-0.15, -0.1) is 12.4 Å². The van der Waals surface area contributed by atoms with Crippen molar-refractivity contribution in [2.75, 3.05) is 30.3 Å². The molecule has 1 aromatic rings. The van der Waals surface area contributed by atoms with Gasteiger partial charge in [0.15, 0.2) is 0 Å². The second-order valence-electron chi connectivity index (χ2n) is 4.84. The van der Waals surface area contributed by atoms with Gasteiger partial charge in [-0.2, -0.15) is 0 Å². The maximum atomic E-state index is 11.0. The number of nitrogens with one attached hydrogen (secondary N) is 3. The van der Waals surface area contributed by atoms with E-state index in [1.807, 2.05) is 24.3 Å². The maximum Gasteiger partial charge on any atom is 0.221 e. The van der Waals surface area contributed by atoms with Gasteiger partial charge in [0, 0.05) is 24.8 Å². The third-order valence-corrected chi connectivity index (χ3v) is 3.24. The highest BCUT2D eigenvalue weighted by Gasteiger charge is 2.12. The standard InChI is InChI=1S/C14H21N3O.ClH/c1-11(18)17-14-4-2-3-13(9-14)16-10-12-5-7-15-8-6-12;/h2-4,9,12,15-16H,5-8,10H2,1H3,(H,17,18);1H. The van der Waals surface area contributed by atoms with Crippen LogP contribution in [0.5, 0.6) is 0 Å². The average Bonchev–Trinajstić information content (AvgIpc) is 2.37. The Morgan fingerprint density at radius 2 is 2.00 bits per heavy atom. The summed E-state index contributed by atoms with van der Waals surface area (Å²) in [7, 11) is 0. The van der Waals surface area contributed by atoms with E-state index in [0.29, 0.717) is 0 Å².